The molecule has 0 spiro atoms. The van der Waals surface area contributed by atoms with Crippen LogP contribution >= 0.6 is 0 Å². The smallest absolute Gasteiger partial charge is 0.156 e. The van der Waals surface area contributed by atoms with E-state index < -0.39 is 9.84 Å². The van der Waals surface area contributed by atoms with Gasteiger partial charge in [0, 0.05) is 20.3 Å². The van der Waals surface area contributed by atoms with Crippen molar-refractivity contribution < 1.29 is 13.2 Å². The fourth-order valence-corrected chi connectivity index (χ4v) is 3.00. The van der Waals surface area contributed by atoms with Crippen LogP contribution in [0, 0.1) is 0 Å². The standard InChI is InChI=1S/C11H25NO3S/c1-5-10(2)16(13,14)11(3)9-12-7-6-8-15-4/h10-12H,5-9H2,1-4H3. The van der Waals surface area contributed by atoms with Gasteiger partial charge in [-0.15, -0.1) is 0 Å². The first kappa shape index (κ1) is 15.9. The molecule has 0 fully saturated rings. The zero-order valence-electron chi connectivity index (χ0n) is 10.8. The topological polar surface area (TPSA) is 55.4 Å². The lowest BCUT2D eigenvalue weighted by Crippen LogP contribution is -2.36. The lowest BCUT2D eigenvalue weighted by Gasteiger charge is -2.18. The van der Waals surface area contributed by atoms with Gasteiger partial charge >= 0.3 is 0 Å². The molecular weight excluding hydrogens is 226 g/mol. The zero-order valence-corrected chi connectivity index (χ0v) is 11.6. The molecule has 0 aromatic heterocycles. The number of rotatable bonds is 9. The average Bonchev–Trinajstić information content (AvgIpc) is 2.27. The van der Waals surface area contributed by atoms with E-state index in [1.807, 2.05) is 6.92 Å². The molecule has 0 aliphatic rings. The summed E-state index contributed by atoms with van der Waals surface area (Å²) in [5, 5.41) is 2.58. The molecule has 0 saturated heterocycles. The third-order valence-electron chi connectivity index (χ3n) is 2.83. The second-order valence-electron chi connectivity index (χ2n) is 4.17. The Balaban J connectivity index is 3.92. The molecule has 5 heteroatoms. The summed E-state index contributed by atoms with van der Waals surface area (Å²) in [5.74, 6) is 0. The predicted molar refractivity (Wildman–Crippen MR) is 67.5 cm³/mol. The van der Waals surface area contributed by atoms with Crippen LogP contribution in [0.5, 0.6) is 0 Å². The van der Waals surface area contributed by atoms with Crippen LogP contribution in [0.2, 0.25) is 0 Å². The number of ether oxygens (including phenoxy) is 1. The van der Waals surface area contributed by atoms with E-state index in [-0.39, 0.29) is 10.5 Å². The van der Waals surface area contributed by atoms with Crippen molar-refractivity contribution in [2.45, 2.75) is 44.1 Å². The Morgan fingerprint density at radius 3 is 2.38 bits per heavy atom. The van der Waals surface area contributed by atoms with Crippen LogP contribution in [0.4, 0.5) is 0 Å². The molecule has 2 atom stereocenters. The van der Waals surface area contributed by atoms with Crippen molar-refractivity contribution in [2.75, 3.05) is 26.8 Å². The number of sulfone groups is 1. The third kappa shape index (κ3) is 5.27. The third-order valence-corrected chi connectivity index (χ3v) is 5.57. The highest BCUT2D eigenvalue weighted by Gasteiger charge is 2.25. The lowest BCUT2D eigenvalue weighted by molar-refractivity contribution is 0.194. The largest absolute Gasteiger partial charge is 0.385 e. The summed E-state index contributed by atoms with van der Waals surface area (Å²) in [6.07, 6.45) is 1.59. The van der Waals surface area contributed by atoms with Gasteiger partial charge in [-0.05, 0) is 33.2 Å². The Kier molecular flexibility index (Phi) is 7.97. The summed E-state index contributed by atoms with van der Waals surface area (Å²) in [6.45, 7) is 7.48. The van der Waals surface area contributed by atoms with Gasteiger partial charge in [-0.2, -0.15) is 0 Å². The van der Waals surface area contributed by atoms with E-state index in [1.165, 1.54) is 0 Å². The van der Waals surface area contributed by atoms with Gasteiger partial charge in [-0.3, -0.25) is 0 Å². The molecule has 0 aromatic rings. The summed E-state index contributed by atoms with van der Waals surface area (Å²) in [5.41, 5.74) is 0. The Bertz CT molecular complexity index is 264. The van der Waals surface area contributed by atoms with E-state index in [0.29, 0.717) is 19.6 Å². The van der Waals surface area contributed by atoms with Crippen LogP contribution in [0.3, 0.4) is 0 Å². The molecule has 0 amide bonds. The molecule has 0 aliphatic carbocycles. The van der Waals surface area contributed by atoms with Crippen molar-refractivity contribution in [1.82, 2.24) is 5.32 Å². The van der Waals surface area contributed by atoms with Crippen LogP contribution in [-0.4, -0.2) is 45.7 Å². The molecule has 0 aromatic carbocycles. The zero-order chi connectivity index (χ0) is 12.6. The maximum Gasteiger partial charge on any atom is 0.156 e. The number of hydrogen-bond acceptors (Lipinski definition) is 4. The lowest BCUT2D eigenvalue weighted by atomic mass is 10.4. The fraction of sp³-hybridized carbons (Fsp3) is 1.00. The molecule has 0 rings (SSSR count). The second kappa shape index (κ2) is 8.03. The molecule has 0 bridgehead atoms. The van der Waals surface area contributed by atoms with Crippen LogP contribution in [-0.2, 0) is 14.6 Å². The van der Waals surface area contributed by atoms with Crippen molar-refractivity contribution in [1.29, 1.82) is 0 Å². The average molecular weight is 251 g/mol. The van der Waals surface area contributed by atoms with E-state index in [2.05, 4.69) is 5.32 Å². The van der Waals surface area contributed by atoms with Crippen LogP contribution in [0.15, 0.2) is 0 Å². The second-order valence-corrected chi connectivity index (χ2v) is 6.96. The molecule has 16 heavy (non-hydrogen) atoms. The quantitative estimate of drug-likeness (QED) is 0.626. The van der Waals surface area contributed by atoms with E-state index in [4.69, 9.17) is 4.74 Å². The Labute approximate surface area is 99.7 Å². The summed E-state index contributed by atoms with van der Waals surface area (Å²) >= 11 is 0. The minimum absolute atomic E-state index is 0.247. The Morgan fingerprint density at radius 1 is 1.25 bits per heavy atom. The molecule has 0 radical (unpaired) electrons. The number of nitrogens with one attached hydrogen (secondary N) is 1. The van der Waals surface area contributed by atoms with Gasteiger partial charge < -0.3 is 10.1 Å². The monoisotopic (exact) mass is 251 g/mol. The molecule has 4 nitrogen and oxygen atoms in total. The number of hydrogen-bond donors (Lipinski definition) is 1. The molecule has 0 saturated carbocycles. The van der Waals surface area contributed by atoms with Gasteiger partial charge in [0.15, 0.2) is 9.84 Å². The predicted octanol–water partition coefficient (Wildman–Crippen LogP) is 1.21. The van der Waals surface area contributed by atoms with Gasteiger partial charge in [0.25, 0.3) is 0 Å². The summed E-state index contributed by atoms with van der Waals surface area (Å²) in [4.78, 5) is 0. The molecule has 0 heterocycles. The minimum atomic E-state index is -2.98. The first-order valence-corrected chi connectivity index (χ1v) is 7.50. The van der Waals surface area contributed by atoms with Crippen LogP contribution < -0.4 is 5.32 Å². The Morgan fingerprint density at radius 2 is 1.88 bits per heavy atom. The van der Waals surface area contributed by atoms with Crippen LogP contribution in [0.1, 0.15) is 33.6 Å². The van der Waals surface area contributed by atoms with Crippen LogP contribution in [0.25, 0.3) is 0 Å². The normalized spacial score (nSPS) is 16.0. The molecule has 98 valence electrons. The highest BCUT2D eigenvalue weighted by atomic mass is 32.2. The SMILES string of the molecule is CCC(C)S(=O)(=O)C(C)CNCCCOC. The highest BCUT2D eigenvalue weighted by Crippen LogP contribution is 2.11. The van der Waals surface area contributed by atoms with Gasteiger partial charge in [0.2, 0.25) is 0 Å². The van der Waals surface area contributed by atoms with E-state index >= 15 is 0 Å². The Hall–Kier alpha value is -0.130. The molecule has 2 unspecified atom stereocenters. The molecular formula is C11H25NO3S. The highest BCUT2D eigenvalue weighted by molar-refractivity contribution is 7.92. The summed E-state index contributed by atoms with van der Waals surface area (Å²) in [6, 6.07) is 0. The summed E-state index contributed by atoms with van der Waals surface area (Å²) < 4.78 is 28.7. The van der Waals surface area contributed by atoms with Crippen molar-refractivity contribution in [2.24, 2.45) is 0 Å². The van der Waals surface area contributed by atoms with Crippen molar-refractivity contribution >= 4 is 9.84 Å². The van der Waals surface area contributed by atoms with E-state index in [1.54, 1.807) is 21.0 Å². The first-order chi connectivity index (χ1) is 7.46. The van der Waals surface area contributed by atoms with E-state index in [9.17, 15) is 8.42 Å². The van der Waals surface area contributed by atoms with E-state index in [0.717, 1.165) is 13.0 Å². The minimum Gasteiger partial charge on any atom is -0.385 e. The van der Waals surface area contributed by atoms with Gasteiger partial charge in [-0.1, -0.05) is 6.92 Å². The van der Waals surface area contributed by atoms with Gasteiger partial charge in [-0.25, -0.2) is 8.42 Å². The van der Waals surface area contributed by atoms with Gasteiger partial charge in [0.05, 0.1) is 10.5 Å². The fourth-order valence-electron chi connectivity index (χ4n) is 1.39. The molecule has 1 N–H and O–H groups in total. The maximum atomic E-state index is 11.9. The first-order valence-electron chi connectivity index (χ1n) is 5.89. The number of methoxy groups -OCH3 is 1. The molecule has 0 aliphatic heterocycles. The van der Waals surface area contributed by atoms with Crippen molar-refractivity contribution in [3.63, 3.8) is 0 Å². The van der Waals surface area contributed by atoms with Crippen molar-refractivity contribution in [3.05, 3.63) is 0 Å². The van der Waals surface area contributed by atoms with Crippen molar-refractivity contribution in [3.8, 4) is 0 Å². The summed E-state index contributed by atoms with van der Waals surface area (Å²) in [7, 11) is -1.31. The maximum absolute atomic E-state index is 11.9. The van der Waals surface area contributed by atoms with Gasteiger partial charge in [0.1, 0.15) is 0 Å².